The second-order valence-electron chi connectivity index (χ2n) is 14.3. The third-order valence-electron chi connectivity index (χ3n) is 9.67. The predicted octanol–water partition coefficient (Wildman–Crippen LogP) is 7.76. The Morgan fingerprint density at radius 2 is 0.762 bits per heavy atom. The van der Waals surface area contributed by atoms with Crippen molar-refractivity contribution in [3.05, 3.63) is 12.1 Å². The van der Waals surface area contributed by atoms with E-state index in [1.54, 1.807) is 0 Å². The van der Waals surface area contributed by atoms with Crippen molar-refractivity contribution in [3.63, 3.8) is 0 Å². The van der Waals surface area contributed by atoms with Gasteiger partial charge in [-0.2, -0.15) is 0 Å². The SMILES string of the molecule is CCCCCCCCOc1cc(B2OC(C)(C)C(C)(C)O2)c(OCCCCCCCC)cc1B1OC(C)(C)C(C)(C)O1. The number of hydrogen-bond acceptors (Lipinski definition) is 6. The molecular formula is C34H60B2O6. The van der Waals surface area contributed by atoms with Crippen molar-refractivity contribution in [2.45, 2.75) is 169 Å². The minimum absolute atomic E-state index is 0.460. The van der Waals surface area contributed by atoms with Gasteiger partial charge in [-0.1, -0.05) is 78.1 Å². The van der Waals surface area contributed by atoms with Gasteiger partial charge in [-0.25, -0.2) is 0 Å². The summed E-state index contributed by atoms with van der Waals surface area (Å²) in [4.78, 5) is 0. The third-order valence-corrected chi connectivity index (χ3v) is 9.67. The first-order valence-electron chi connectivity index (χ1n) is 16.9. The van der Waals surface area contributed by atoms with Gasteiger partial charge in [0.2, 0.25) is 0 Å². The van der Waals surface area contributed by atoms with Crippen LogP contribution in [0.25, 0.3) is 0 Å². The molecule has 0 saturated carbocycles. The van der Waals surface area contributed by atoms with Gasteiger partial charge in [0.15, 0.2) is 0 Å². The molecule has 2 aliphatic heterocycles. The Bertz CT molecular complexity index is 867. The van der Waals surface area contributed by atoms with E-state index in [0.29, 0.717) is 13.2 Å². The lowest BCUT2D eigenvalue weighted by Crippen LogP contribution is -2.41. The van der Waals surface area contributed by atoms with Gasteiger partial charge in [-0.05, 0) is 80.4 Å². The highest BCUT2D eigenvalue weighted by Crippen LogP contribution is 2.39. The summed E-state index contributed by atoms with van der Waals surface area (Å²) in [5.41, 5.74) is -0.123. The van der Waals surface area contributed by atoms with Crippen molar-refractivity contribution in [2.75, 3.05) is 13.2 Å². The lowest BCUT2D eigenvalue weighted by Gasteiger charge is -2.32. The molecule has 0 spiro atoms. The molecule has 2 aliphatic rings. The van der Waals surface area contributed by atoms with E-state index in [4.69, 9.17) is 28.1 Å². The van der Waals surface area contributed by atoms with Crippen molar-refractivity contribution < 1.29 is 28.1 Å². The standard InChI is InChI=1S/C34H60B2O6/c1-11-13-15-17-19-21-23-37-29-25-28(36-41-33(7,8)34(9,10)42-36)30(38-24-22-20-18-16-14-12-2)26-27(29)35-39-31(3,4)32(5,6)40-35/h25-26H,11-24H2,1-10H3. The third kappa shape index (κ3) is 8.92. The summed E-state index contributed by atoms with van der Waals surface area (Å²) in [5.74, 6) is 1.50. The number of hydrogen-bond donors (Lipinski definition) is 0. The molecule has 42 heavy (non-hydrogen) atoms. The van der Waals surface area contributed by atoms with Crippen molar-refractivity contribution >= 4 is 25.2 Å². The summed E-state index contributed by atoms with van der Waals surface area (Å²) in [5, 5.41) is 0. The summed E-state index contributed by atoms with van der Waals surface area (Å²) < 4.78 is 39.0. The van der Waals surface area contributed by atoms with Crippen molar-refractivity contribution in [3.8, 4) is 11.5 Å². The second-order valence-corrected chi connectivity index (χ2v) is 14.3. The quantitative estimate of drug-likeness (QED) is 0.130. The molecule has 0 amide bonds. The van der Waals surface area contributed by atoms with Crippen LogP contribution in [0.2, 0.25) is 0 Å². The molecule has 0 unspecified atom stereocenters. The van der Waals surface area contributed by atoms with Gasteiger partial charge in [0.1, 0.15) is 11.5 Å². The van der Waals surface area contributed by atoms with Crippen molar-refractivity contribution in [1.29, 1.82) is 0 Å². The van der Waals surface area contributed by atoms with Crippen LogP contribution in [0.5, 0.6) is 11.5 Å². The maximum Gasteiger partial charge on any atom is 0.498 e. The average Bonchev–Trinajstić information content (AvgIpc) is 3.26. The second kappa shape index (κ2) is 15.2. The van der Waals surface area contributed by atoms with Gasteiger partial charge in [0.25, 0.3) is 0 Å². The van der Waals surface area contributed by atoms with Gasteiger partial charge in [-0.3, -0.25) is 0 Å². The molecule has 0 aliphatic carbocycles. The van der Waals surface area contributed by atoms with E-state index in [-0.39, 0.29) is 0 Å². The summed E-state index contributed by atoms with van der Waals surface area (Å²) in [6.45, 7) is 22.4. The molecular weight excluding hydrogens is 526 g/mol. The van der Waals surface area contributed by atoms with Gasteiger partial charge in [0.05, 0.1) is 35.6 Å². The molecule has 238 valence electrons. The smallest absolute Gasteiger partial charge is 0.494 e. The average molecular weight is 586 g/mol. The zero-order valence-electron chi connectivity index (χ0n) is 28.7. The van der Waals surface area contributed by atoms with E-state index in [9.17, 15) is 0 Å². The Morgan fingerprint density at radius 3 is 1.07 bits per heavy atom. The van der Waals surface area contributed by atoms with Crippen molar-refractivity contribution in [1.82, 2.24) is 0 Å². The Labute approximate surface area is 258 Å². The van der Waals surface area contributed by atoms with Gasteiger partial charge in [-0.15, -0.1) is 0 Å². The molecule has 2 heterocycles. The summed E-state index contributed by atoms with van der Waals surface area (Å²) in [7, 11) is -1.11. The predicted molar refractivity (Wildman–Crippen MR) is 176 cm³/mol. The first kappa shape index (κ1) is 35.3. The van der Waals surface area contributed by atoms with Crippen LogP contribution < -0.4 is 20.4 Å². The summed E-state index contributed by atoms with van der Waals surface area (Å²) in [6.07, 6.45) is 14.5. The fourth-order valence-corrected chi connectivity index (χ4v) is 5.28. The Hall–Kier alpha value is -1.21. The Morgan fingerprint density at radius 1 is 0.476 bits per heavy atom. The van der Waals surface area contributed by atoms with Gasteiger partial charge in [0, 0.05) is 10.9 Å². The molecule has 2 saturated heterocycles. The number of rotatable bonds is 18. The van der Waals surface area contributed by atoms with Gasteiger partial charge < -0.3 is 28.1 Å². The first-order chi connectivity index (χ1) is 19.7. The highest BCUT2D eigenvalue weighted by atomic mass is 16.7. The highest BCUT2D eigenvalue weighted by molar-refractivity contribution is 6.66. The maximum atomic E-state index is 6.51. The first-order valence-corrected chi connectivity index (χ1v) is 16.9. The molecule has 8 heteroatoms. The van der Waals surface area contributed by atoms with Crippen LogP contribution >= 0.6 is 0 Å². The van der Waals surface area contributed by atoms with E-state index < -0.39 is 36.6 Å². The lowest BCUT2D eigenvalue weighted by molar-refractivity contribution is 0.00578. The number of benzene rings is 1. The molecule has 2 fully saturated rings. The van der Waals surface area contributed by atoms with Crippen LogP contribution in [-0.2, 0) is 18.6 Å². The fourth-order valence-electron chi connectivity index (χ4n) is 5.28. The summed E-state index contributed by atoms with van der Waals surface area (Å²) in [6, 6.07) is 4.10. The van der Waals surface area contributed by atoms with Crippen LogP contribution in [0, 0.1) is 0 Å². The van der Waals surface area contributed by atoms with Crippen LogP contribution in [0.15, 0.2) is 12.1 Å². The molecule has 0 atom stereocenters. The topological polar surface area (TPSA) is 55.4 Å². The zero-order chi connectivity index (χ0) is 31.0. The molecule has 1 aromatic carbocycles. The molecule has 0 radical (unpaired) electrons. The van der Waals surface area contributed by atoms with Crippen LogP contribution in [-0.4, -0.2) is 49.9 Å². The van der Waals surface area contributed by atoms with E-state index >= 15 is 0 Å². The van der Waals surface area contributed by atoms with Crippen molar-refractivity contribution in [2.24, 2.45) is 0 Å². The van der Waals surface area contributed by atoms with Crippen LogP contribution in [0.1, 0.15) is 146 Å². The van der Waals surface area contributed by atoms with Gasteiger partial charge >= 0.3 is 14.2 Å². The Balaban J connectivity index is 1.89. The maximum absolute atomic E-state index is 6.51. The minimum atomic E-state index is -0.557. The molecule has 6 nitrogen and oxygen atoms in total. The van der Waals surface area contributed by atoms with E-state index in [2.05, 4.69) is 81.4 Å². The zero-order valence-corrected chi connectivity index (χ0v) is 28.7. The number of unbranched alkanes of at least 4 members (excludes halogenated alkanes) is 10. The Kier molecular flexibility index (Phi) is 12.8. The van der Waals surface area contributed by atoms with E-state index in [1.165, 1.54) is 51.4 Å². The highest BCUT2D eigenvalue weighted by Gasteiger charge is 2.55. The van der Waals surface area contributed by atoms with E-state index in [1.807, 2.05) is 0 Å². The fraction of sp³-hybridized carbons (Fsp3) is 0.824. The van der Waals surface area contributed by atoms with E-state index in [0.717, 1.165) is 48.1 Å². The molecule has 0 bridgehead atoms. The molecule has 1 aromatic rings. The molecule has 0 aromatic heterocycles. The largest absolute Gasteiger partial charge is 0.498 e. The lowest BCUT2D eigenvalue weighted by atomic mass is 9.72. The van der Waals surface area contributed by atoms with Crippen LogP contribution in [0.3, 0.4) is 0 Å². The van der Waals surface area contributed by atoms with Crippen LogP contribution in [0.4, 0.5) is 0 Å². The summed E-state index contributed by atoms with van der Waals surface area (Å²) >= 11 is 0. The normalized spacial score (nSPS) is 20.3. The molecule has 3 rings (SSSR count). The number of ether oxygens (including phenoxy) is 2. The monoisotopic (exact) mass is 586 g/mol. The minimum Gasteiger partial charge on any atom is -0.494 e. The molecule has 0 N–H and O–H groups in total.